The fraction of sp³-hybridized carbons (Fsp3) is 0.143. The smallest absolute Gasteiger partial charge is 0.269 e. The minimum Gasteiger partial charge on any atom is -0.486 e. The van der Waals surface area contributed by atoms with Crippen LogP contribution < -0.4 is 10.3 Å². The van der Waals surface area contributed by atoms with Crippen LogP contribution in [0.2, 0.25) is 0 Å². The lowest BCUT2D eigenvalue weighted by molar-refractivity contribution is -0.384. The predicted octanol–water partition coefficient (Wildman–Crippen LogP) is 4.76. The summed E-state index contributed by atoms with van der Waals surface area (Å²) in [5, 5.41) is 11.3. The standard InChI is InChI=1S/C21H17N3O4S/c1-12-3-5-14(6-4-12)18-13(2)29-21-19(18)20(25)22-17(23-21)11-28-16-9-7-15(8-10-16)24(26)27/h3-10H,11H2,1-2H3,(H,22,23,25). The number of fused-ring (bicyclic) bond motifs is 1. The highest BCUT2D eigenvalue weighted by Gasteiger charge is 2.17. The van der Waals surface area contributed by atoms with E-state index in [9.17, 15) is 14.9 Å². The number of thiophene rings is 1. The summed E-state index contributed by atoms with van der Waals surface area (Å²) in [6, 6.07) is 13.8. The molecule has 0 aliphatic carbocycles. The Morgan fingerprint density at radius 2 is 1.79 bits per heavy atom. The van der Waals surface area contributed by atoms with Crippen LogP contribution in [0.4, 0.5) is 5.69 Å². The number of ether oxygens (including phenoxy) is 1. The molecule has 4 aromatic rings. The lowest BCUT2D eigenvalue weighted by Gasteiger charge is -2.06. The van der Waals surface area contributed by atoms with E-state index in [0.717, 1.165) is 21.6 Å². The first-order chi connectivity index (χ1) is 13.9. The van der Waals surface area contributed by atoms with Gasteiger partial charge in [-0.3, -0.25) is 14.9 Å². The third-order valence-corrected chi connectivity index (χ3v) is 5.55. The average molecular weight is 407 g/mol. The summed E-state index contributed by atoms with van der Waals surface area (Å²) in [4.78, 5) is 32.1. The Morgan fingerprint density at radius 1 is 1.10 bits per heavy atom. The zero-order valence-corrected chi connectivity index (χ0v) is 16.6. The van der Waals surface area contributed by atoms with Gasteiger partial charge in [0.05, 0.1) is 10.3 Å². The first-order valence-corrected chi connectivity index (χ1v) is 9.70. The quantitative estimate of drug-likeness (QED) is 0.380. The minimum absolute atomic E-state index is 0.0111. The van der Waals surface area contributed by atoms with Gasteiger partial charge in [-0.25, -0.2) is 4.98 Å². The summed E-state index contributed by atoms with van der Waals surface area (Å²) >= 11 is 1.47. The fourth-order valence-electron chi connectivity index (χ4n) is 3.12. The lowest BCUT2D eigenvalue weighted by atomic mass is 10.0. The molecule has 0 saturated carbocycles. The molecule has 0 fully saturated rings. The van der Waals surface area contributed by atoms with Crippen LogP contribution in [0.15, 0.2) is 53.3 Å². The van der Waals surface area contributed by atoms with Crippen molar-refractivity contribution in [3.63, 3.8) is 0 Å². The summed E-state index contributed by atoms with van der Waals surface area (Å²) < 4.78 is 5.61. The second-order valence-electron chi connectivity index (χ2n) is 6.63. The molecule has 0 atom stereocenters. The fourth-order valence-corrected chi connectivity index (χ4v) is 4.18. The number of nitrogens with zero attached hydrogens (tertiary/aromatic N) is 2. The highest BCUT2D eigenvalue weighted by Crippen LogP contribution is 2.35. The molecule has 0 aliphatic rings. The number of benzene rings is 2. The average Bonchev–Trinajstić information content (AvgIpc) is 3.03. The van der Waals surface area contributed by atoms with Gasteiger partial charge >= 0.3 is 0 Å². The molecule has 7 nitrogen and oxygen atoms in total. The van der Waals surface area contributed by atoms with Crippen LogP contribution in [-0.4, -0.2) is 14.9 Å². The Hall–Kier alpha value is -3.52. The number of non-ortho nitro benzene ring substituents is 1. The first kappa shape index (κ1) is 18.8. The molecule has 29 heavy (non-hydrogen) atoms. The number of aromatic nitrogens is 2. The van der Waals surface area contributed by atoms with Gasteiger partial charge in [0.2, 0.25) is 0 Å². The molecule has 1 N–H and O–H groups in total. The van der Waals surface area contributed by atoms with Crippen LogP contribution in [0.3, 0.4) is 0 Å². The second kappa shape index (κ2) is 7.48. The van der Waals surface area contributed by atoms with Gasteiger partial charge in [0.25, 0.3) is 11.2 Å². The van der Waals surface area contributed by atoms with Crippen molar-refractivity contribution in [3.05, 3.63) is 85.3 Å². The summed E-state index contributed by atoms with van der Waals surface area (Å²) in [5.41, 5.74) is 2.83. The predicted molar refractivity (Wildman–Crippen MR) is 113 cm³/mol. The molecule has 0 bridgehead atoms. The van der Waals surface area contributed by atoms with E-state index >= 15 is 0 Å². The number of nitro groups is 1. The van der Waals surface area contributed by atoms with Crippen molar-refractivity contribution in [3.8, 4) is 16.9 Å². The SMILES string of the molecule is Cc1ccc(-c2c(C)sc3nc(COc4ccc([N+](=O)[O-])cc4)[nH]c(=O)c23)cc1. The van der Waals surface area contributed by atoms with Crippen LogP contribution in [0.25, 0.3) is 21.3 Å². The van der Waals surface area contributed by atoms with Gasteiger partial charge in [0.15, 0.2) is 0 Å². The van der Waals surface area contributed by atoms with Gasteiger partial charge in [-0.15, -0.1) is 11.3 Å². The first-order valence-electron chi connectivity index (χ1n) is 8.89. The van der Waals surface area contributed by atoms with Crippen molar-refractivity contribution in [2.24, 2.45) is 0 Å². The maximum atomic E-state index is 12.8. The molecule has 0 aliphatic heterocycles. The van der Waals surface area contributed by atoms with Crippen molar-refractivity contribution in [1.29, 1.82) is 0 Å². The molecule has 2 aromatic carbocycles. The van der Waals surface area contributed by atoms with Crippen LogP contribution >= 0.6 is 11.3 Å². The van der Waals surface area contributed by atoms with E-state index in [1.54, 1.807) is 0 Å². The lowest BCUT2D eigenvalue weighted by Crippen LogP contribution is -2.13. The molecule has 4 rings (SSSR count). The molecule has 0 unspecified atom stereocenters. The van der Waals surface area contributed by atoms with Crippen LogP contribution in [0.1, 0.15) is 16.3 Å². The molecule has 0 spiro atoms. The normalized spacial score (nSPS) is 11.0. The topological polar surface area (TPSA) is 98.1 Å². The Morgan fingerprint density at radius 3 is 2.45 bits per heavy atom. The number of hydrogen-bond donors (Lipinski definition) is 1. The second-order valence-corrected chi connectivity index (χ2v) is 7.83. The third kappa shape index (κ3) is 3.74. The van der Waals surface area contributed by atoms with E-state index < -0.39 is 4.92 Å². The monoisotopic (exact) mass is 407 g/mol. The Bertz CT molecular complexity index is 1260. The van der Waals surface area contributed by atoms with E-state index in [0.29, 0.717) is 21.8 Å². The molecular weight excluding hydrogens is 390 g/mol. The Balaban J connectivity index is 1.63. The number of rotatable bonds is 5. The molecule has 8 heteroatoms. The molecule has 2 aromatic heterocycles. The number of nitro benzene ring substituents is 1. The summed E-state index contributed by atoms with van der Waals surface area (Å²) in [5.74, 6) is 0.860. The Kier molecular flexibility index (Phi) is 4.85. The van der Waals surface area contributed by atoms with Crippen molar-refractivity contribution in [2.45, 2.75) is 20.5 Å². The van der Waals surface area contributed by atoms with Gasteiger partial charge in [-0.2, -0.15) is 0 Å². The van der Waals surface area contributed by atoms with Crippen molar-refractivity contribution in [2.75, 3.05) is 0 Å². The molecule has 0 amide bonds. The van der Waals surface area contributed by atoms with Crippen LogP contribution in [0, 0.1) is 24.0 Å². The zero-order chi connectivity index (χ0) is 20.5. The van der Waals surface area contributed by atoms with Gasteiger partial charge in [0, 0.05) is 22.6 Å². The van der Waals surface area contributed by atoms with Gasteiger partial charge in [0.1, 0.15) is 23.0 Å². The van der Waals surface area contributed by atoms with Gasteiger partial charge in [-0.05, 0) is 31.5 Å². The third-order valence-electron chi connectivity index (χ3n) is 4.55. The molecular formula is C21H17N3O4S. The summed E-state index contributed by atoms with van der Waals surface area (Å²) in [7, 11) is 0. The van der Waals surface area contributed by atoms with E-state index in [1.807, 2.05) is 38.1 Å². The number of hydrogen-bond acceptors (Lipinski definition) is 6. The van der Waals surface area contributed by atoms with E-state index in [-0.39, 0.29) is 17.9 Å². The Labute approximate surface area is 169 Å². The van der Waals surface area contributed by atoms with Gasteiger partial charge < -0.3 is 9.72 Å². The zero-order valence-electron chi connectivity index (χ0n) is 15.8. The van der Waals surface area contributed by atoms with Crippen LogP contribution in [-0.2, 0) is 6.61 Å². The van der Waals surface area contributed by atoms with E-state index in [4.69, 9.17) is 4.74 Å². The summed E-state index contributed by atoms with van der Waals surface area (Å²) in [6.45, 7) is 4.06. The summed E-state index contributed by atoms with van der Waals surface area (Å²) in [6.07, 6.45) is 0. The van der Waals surface area contributed by atoms with E-state index in [2.05, 4.69) is 9.97 Å². The van der Waals surface area contributed by atoms with Crippen molar-refractivity contribution >= 4 is 27.2 Å². The highest BCUT2D eigenvalue weighted by molar-refractivity contribution is 7.19. The van der Waals surface area contributed by atoms with Crippen molar-refractivity contribution in [1.82, 2.24) is 9.97 Å². The number of aromatic amines is 1. The minimum atomic E-state index is -0.471. The number of nitrogens with one attached hydrogen (secondary N) is 1. The molecule has 146 valence electrons. The maximum absolute atomic E-state index is 12.8. The highest BCUT2D eigenvalue weighted by atomic mass is 32.1. The molecule has 0 radical (unpaired) electrons. The molecule has 0 saturated heterocycles. The van der Waals surface area contributed by atoms with Crippen molar-refractivity contribution < 1.29 is 9.66 Å². The number of H-pyrrole nitrogens is 1. The van der Waals surface area contributed by atoms with E-state index in [1.165, 1.54) is 35.6 Å². The number of aryl methyl sites for hydroxylation is 2. The van der Waals surface area contributed by atoms with Gasteiger partial charge in [-0.1, -0.05) is 29.8 Å². The molecule has 2 heterocycles. The van der Waals surface area contributed by atoms with Crippen LogP contribution in [0.5, 0.6) is 5.75 Å². The largest absolute Gasteiger partial charge is 0.486 e. The maximum Gasteiger partial charge on any atom is 0.269 e.